The molecule has 1 fully saturated rings. The van der Waals surface area contributed by atoms with E-state index in [1.54, 1.807) is 37.4 Å². The van der Waals surface area contributed by atoms with Crippen molar-refractivity contribution >= 4 is 40.2 Å². The molecule has 7 heteroatoms. The first kappa shape index (κ1) is 19.2. The second-order valence-electron chi connectivity index (χ2n) is 7.25. The maximum atomic E-state index is 13.1. The fraction of sp³-hybridized carbons (Fsp3) is 0.227. The number of carbonyl (C=O) groups excluding carboxylic acids is 3. The van der Waals surface area contributed by atoms with E-state index in [1.165, 1.54) is 0 Å². The predicted octanol–water partition coefficient (Wildman–Crippen LogP) is 4.03. The summed E-state index contributed by atoms with van der Waals surface area (Å²) in [5.74, 6) is -0.811. The minimum Gasteiger partial charge on any atom is -0.360 e. The number of Topliss-reactive ketones (excluding diaryl/α,β-unsaturated/α-hetero) is 1. The molecule has 2 heterocycles. The van der Waals surface area contributed by atoms with E-state index in [2.05, 4.69) is 10.3 Å². The number of amides is 3. The number of carbonyl (C=O) groups is 3. The van der Waals surface area contributed by atoms with Gasteiger partial charge in [-0.2, -0.15) is 0 Å². The molecule has 29 heavy (non-hydrogen) atoms. The van der Waals surface area contributed by atoms with Gasteiger partial charge >= 0.3 is 6.03 Å². The van der Waals surface area contributed by atoms with Gasteiger partial charge in [0.1, 0.15) is 5.54 Å². The second kappa shape index (κ2) is 7.04. The second-order valence-corrected chi connectivity index (χ2v) is 7.65. The number of aromatic amines is 1. The van der Waals surface area contributed by atoms with E-state index in [4.69, 9.17) is 11.6 Å². The van der Waals surface area contributed by atoms with Crippen LogP contribution in [0, 0.1) is 0 Å². The first-order valence-corrected chi connectivity index (χ1v) is 9.76. The molecule has 148 valence electrons. The third-order valence-electron chi connectivity index (χ3n) is 5.47. The van der Waals surface area contributed by atoms with E-state index in [0.717, 1.165) is 27.8 Å². The average molecular weight is 410 g/mol. The quantitative estimate of drug-likeness (QED) is 0.493. The SMILES string of the molecule is CCc1cccc2c(C(=O)CN3C(=O)NC(C)(c4ccccc4Cl)C3=O)c[nH]c12. The van der Waals surface area contributed by atoms with Gasteiger partial charge in [-0.1, -0.05) is 54.9 Å². The summed E-state index contributed by atoms with van der Waals surface area (Å²) >= 11 is 6.24. The third kappa shape index (κ3) is 3.00. The molecule has 0 radical (unpaired) electrons. The van der Waals surface area contributed by atoms with E-state index >= 15 is 0 Å². The summed E-state index contributed by atoms with van der Waals surface area (Å²) in [4.78, 5) is 42.7. The van der Waals surface area contributed by atoms with Gasteiger partial charge in [0.05, 0.1) is 6.54 Å². The monoisotopic (exact) mass is 409 g/mol. The van der Waals surface area contributed by atoms with Crippen molar-refractivity contribution in [1.82, 2.24) is 15.2 Å². The molecule has 0 spiro atoms. The van der Waals surface area contributed by atoms with Crippen LogP contribution in [-0.2, 0) is 16.8 Å². The van der Waals surface area contributed by atoms with E-state index in [0.29, 0.717) is 16.1 Å². The lowest BCUT2D eigenvalue weighted by Crippen LogP contribution is -2.41. The van der Waals surface area contributed by atoms with Gasteiger partial charge in [-0.15, -0.1) is 0 Å². The lowest BCUT2D eigenvalue weighted by atomic mass is 9.92. The van der Waals surface area contributed by atoms with E-state index in [1.807, 2.05) is 25.1 Å². The Hall–Kier alpha value is -3.12. The van der Waals surface area contributed by atoms with Crippen LogP contribution in [0.5, 0.6) is 0 Å². The molecule has 6 nitrogen and oxygen atoms in total. The topological polar surface area (TPSA) is 82.3 Å². The van der Waals surface area contributed by atoms with Gasteiger partial charge in [-0.25, -0.2) is 4.79 Å². The minimum atomic E-state index is -1.31. The van der Waals surface area contributed by atoms with Crippen molar-refractivity contribution in [2.75, 3.05) is 6.54 Å². The molecule has 1 aliphatic rings. The summed E-state index contributed by atoms with van der Waals surface area (Å²) in [6, 6.07) is 12.0. The highest BCUT2D eigenvalue weighted by Gasteiger charge is 2.50. The van der Waals surface area contributed by atoms with Crippen molar-refractivity contribution in [3.63, 3.8) is 0 Å². The number of rotatable bonds is 5. The Kier molecular flexibility index (Phi) is 4.67. The van der Waals surface area contributed by atoms with Crippen LogP contribution in [-0.4, -0.2) is 34.2 Å². The Balaban J connectivity index is 1.64. The number of hydrogen-bond donors (Lipinski definition) is 2. The summed E-state index contributed by atoms with van der Waals surface area (Å²) < 4.78 is 0. The average Bonchev–Trinajstić information content (AvgIpc) is 3.23. The first-order chi connectivity index (χ1) is 13.9. The van der Waals surface area contributed by atoms with Gasteiger partial charge in [0.2, 0.25) is 0 Å². The highest BCUT2D eigenvalue weighted by Crippen LogP contribution is 2.33. The number of nitrogens with zero attached hydrogens (tertiary/aromatic N) is 1. The Morgan fingerprint density at radius 3 is 2.62 bits per heavy atom. The molecule has 0 bridgehead atoms. The third-order valence-corrected chi connectivity index (χ3v) is 5.80. The zero-order valence-electron chi connectivity index (χ0n) is 16.1. The lowest BCUT2D eigenvalue weighted by molar-refractivity contribution is -0.130. The zero-order chi connectivity index (χ0) is 20.8. The molecule has 4 rings (SSSR count). The fourth-order valence-electron chi connectivity index (χ4n) is 3.86. The fourth-order valence-corrected chi connectivity index (χ4v) is 4.19. The van der Waals surface area contributed by atoms with Gasteiger partial charge in [0, 0.05) is 33.2 Å². The highest BCUT2D eigenvalue weighted by molar-refractivity contribution is 6.32. The number of hydrogen-bond acceptors (Lipinski definition) is 3. The number of aryl methyl sites for hydroxylation is 1. The van der Waals surface area contributed by atoms with Crippen LogP contribution in [0.3, 0.4) is 0 Å². The first-order valence-electron chi connectivity index (χ1n) is 9.38. The normalized spacial score (nSPS) is 19.1. The molecule has 0 saturated carbocycles. The van der Waals surface area contributed by atoms with Crippen molar-refractivity contribution in [3.8, 4) is 0 Å². The molecule has 3 amide bonds. The van der Waals surface area contributed by atoms with Crippen molar-refractivity contribution in [2.24, 2.45) is 0 Å². The van der Waals surface area contributed by atoms with Gasteiger partial charge in [-0.3, -0.25) is 14.5 Å². The number of halogens is 1. The number of imide groups is 1. The molecule has 0 aliphatic carbocycles. The molecule has 3 aromatic rings. The Bertz CT molecular complexity index is 1150. The molecule has 1 unspecified atom stereocenters. The van der Waals surface area contributed by atoms with E-state index < -0.39 is 17.5 Å². The van der Waals surface area contributed by atoms with Crippen LogP contribution < -0.4 is 5.32 Å². The largest absolute Gasteiger partial charge is 0.360 e. The number of ketones is 1. The Labute approximate surface area is 172 Å². The van der Waals surface area contributed by atoms with Crippen LogP contribution in [0.4, 0.5) is 4.79 Å². The minimum absolute atomic E-state index is 0.309. The molecule has 1 saturated heterocycles. The summed E-state index contributed by atoms with van der Waals surface area (Å²) in [5, 5.41) is 3.85. The van der Waals surface area contributed by atoms with Crippen LogP contribution in [0.25, 0.3) is 10.9 Å². The highest BCUT2D eigenvalue weighted by atomic mass is 35.5. The van der Waals surface area contributed by atoms with Gasteiger partial charge in [0.25, 0.3) is 5.91 Å². The molecule has 2 N–H and O–H groups in total. The van der Waals surface area contributed by atoms with Crippen LogP contribution >= 0.6 is 11.6 Å². The zero-order valence-corrected chi connectivity index (χ0v) is 16.8. The van der Waals surface area contributed by atoms with Crippen molar-refractivity contribution in [1.29, 1.82) is 0 Å². The number of urea groups is 1. The number of nitrogens with one attached hydrogen (secondary N) is 2. The summed E-state index contributed by atoms with van der Waals surface area (Å²) in [5.41, 5.74) is 1.64. The van der Waals surface area contributed by atoms with Gasteiger partial charge < -0.3 is 10.3 Å². The smallest absolute Gasteiger partial charge is 0.325 e. The molecule has 2 aromatic carbocycles. The van der Waals surface area contributed by atoms with E-state index in [-0.39, 0.29) is 12.3 Å². The number of para-hydroxylation sites is 1. The van der Waals surface area contributed by atoms with Crippen LogP contribution in [0.2, 0.25) is 5.02 Å². The standard InChI is InChI=1S/C22H20ClN3O3/c1-3-13-7-6-8-14-15(11-24-19(13)14)18(27)12-26-20(28)22(2,25-21(26)29)16-9-4-5-10-17(16)23/h4-11,24H,3,12H2,1-2H3,(H,25,29). The summed E-state index contributed by atoms with van der Waals surface area (Å²) in [6.45, 7) is 3.30. The maximum absolute atomic E-state index is 13.1. The molecule has 1 aromatic heterocycles. The van der Waals surface area contributed by atoms with Crippen LogP contribution in [0.1, 0.15) is 35.3 Å². The molecule has 1 aliphatic heterocycles. The van der Waals surface area contributed by atoms with Crippen molar-refractivity contribution in [2.45, 2.75) is 25.8 Å². The Morgan fingerprint density at radius 2 is 1.90 bits per heavy atom. The van der Waals surface area contributed by atoms with Crippen molar-refractivity contribution in [3.05, 3.63) is 70.4 Å². The van der Waals surface area contributed by atoms with Gasteiger partial charge in [-0.05, 0) is 25.0 Å². The number of fused-ring (bicyclic) bond motifs is 1. The number of H-pyrrole nitrogens is 1. The Morgan fingerprint density at radius 1 is 1.14 bits per heavy atom. The van der Waals surface area contributed by atoms with Gasteiger partial charge in [0.15, 0.2) is 5.78 Å². The molecular weight excluding hydrogens is 390 g/mol. The molecular formula is C22H20ClN3O3. The van der Waals surface area contributed by atoms with Crippen molar-refractivity contribution < 1.29 is 14.4 Å². The summed E-state index contributed by atoms with van der Waals surface area (Å²) in [7, 11) is 0. The maximum Gasteiger partial charge on any atom is 0.325 e. The lowest BCUT2D eigenvalue weighted by Gasteiger charge is -2.23. The molecule has 1 atom stereocenters. The number of benzene rings is 2. The van der Waals surface area contributed by atoms with Crippen LogP contribution in [0.15, 0.2) is 48.7 Å². The number of aromatic nitrogens is 1. The summed E-state index contributed by atoms with van der Waals surface area (Å²) in [6.07, 6.45) is 2.46. The van der Waals surface area contributed by atoms with E-state index in [9.17, 15) is 14.4 Å². The predicted molar refractivity (Wildman–Crippen MR) is 111 cm³/mol.